The Morgan fingerprint density at radius 2 is 2.27 bits per heavy atom. The molecule has 2 rings (SSSR count). The smallest absolute Gasteiger partial charge is 0.129 e. The fraction of sp³-hybridized carbons (Fsp3) is 0. The summed E-state index contributed by atoms with van der Waals surface area (Å²) in [5, 5.41) is 4.43. The van der Waals surface area contributed by atoms with E-state index in [-0.39, 0.29) is 0 Å². The molecule has 3 nitrogen and oxygen atoms in total. The van der Waals surface area contributed by atoms with Crippen LogP contribution >= 0.6 is 27.7 Å². The first-order valence-electron chi connectivity index (χ1n) is 2.94. The number of aromatic nitrogens is 3. The standard InChI is InChI=1S/C6H3BrClN3/c7-11-5-1-2-6(8)10-4(5)3-9-11/h1-3H. The number of nitrogens with zero attached hydrogens (tertiary/aromatic N) is 3. The van der Waals surface area contributed by atoms with Crippen molar-refractivity contribution >= 4 is 38.8 Å². The van der Waals surface area contributed by atoms with E-state index >= 15 is 0 Å². The number of rotatable bonds is 0. The number of hydrogen-bond donors (Lipinski definition) is 0. The molecule has 0 aliphatic rings. The van der Waals surface area contributed by atoms with Gasteiger partial charge in [0.05, 0.1) is 27.9 Å². The summed E-state index contributed by atoms with van der Waals surface area (Å²) in [5.41, 5.74) is 1.70. The molecule has 0 aromatic carbocycles. The Hall–Kier alpha value is -0.610. The fourth-order valence-corrected chi connectivity index (χ4v) is 1.41. The van der Waals surface area contributed by atoms with Crippen LogP contribution in [-0.4, -0.2) is 13.8 Å². The van der Waals surface area contributed by atoms with Crippen LogP contribution in [0.3, 0.4) is 0 Å². The number of halogens is 2. The highest BCUT2D eigenvalue weighted by molar-refractivity contribution is 9.08. The molecule has 2 aromatic heterocycles. The van der Waals surface area contributed by atoms with E-state index in [0.29, 0.717) is 5.15 Å². The normalized spacial score (nSPS) is 10.7. The average Bonchev–Trinajstić information content (AvgIpc) is 2.32. The molecule has 2 aromatic rings. The van der Waals surface area contributed by atoms with Crippen LogP contribution in [-0.2, 0) is 0 Å². The molecule has 11 heavy (non-hydrogen) atoms. The number of fused-ring (bicyclic) bond motifs is 1. The third-order valence-corrected chi connectivity index (χ3v) is 2.12. The summed E-state index contributed by atoms with van der Waals surface area (Å²) in [6.07, 6.45) is 1.65. The first-order chi connectivity index (χ1) is 5.27. The zero-order valence-corrected chi connectivity index (χ0v) is 7.67. The molecule has 56 valence electrons. The summed E-state index contributed by atoms with van der Waals surface area (Å²) in [4.78, 5) is 4.05. The molecule has 0 spiro atoms. The third kappa shape index (κ3) is 1.12. The first-order valence-corrected chi connectivity index (χ1v) is 4.02. The van der Waals surface area contributed by atoms with Gasteiger partial charge in [0.2, 0.25) is 0 Å². The van der Waals surface area contributed by atoms with Gasteiger partial charge in [-0.15, -0.1) is 0 Å². The first kappa shape index (κ1) is 7.06. The lowest BCUT2D eigenvalue weighted by Gasteiger charge is -1.90. The summed E-state index contributed by atoms with van der Waals surface area (Å²) in [6, 6.07) is 3.58. The largest absolute Gasteiger partial charge is 0.233 e. The summed E-state index contributed by atoms with van der Waals surface area (Å²) in [6.45, 7) is 0. The van der Waals surface area contributed by atoms with Crippen molar-refractivity contribution in [2.24, 2.45) is 0 Å². The van der Waals surface area contributed by atoms with Crippen LogP contribution in [0.1, 0.15) is 0 Å². The van der Waals surface area contributed by atoms with E-state index in [2.05, 4.69) is 26.2 Å². The van der Waals surface area contributed by atoms with E-state index in [9.17, 15) is 0 Å². The minimum absolute atomic E-state index is 0.484. The van der Waals surface area contributed by atoms with Crippen molar-refractivity contribution in [2.45, 2.75) is 0 Å². The maximum absolute atomic E-state index is 5.66. The van der Waals surface area contributed by atoms with Crippen molar-refractivity contribution in [1.82, 2.24) is 13.8 Å². The van der Waals surface area contributed by atoms with Crippen molar-refractivity contribution in [2.75, 3.05) is 0 Å². The molecule has 0 radical (unpaired) electrons. The molecule has 0 saturated carbocycles. The SMILES string of the molecule is Clc1ccc2c(cnn2Br)n1. The van der Waals surface area contributed by atoms with E-state index in [1.54, 1.807) is 16.0 Å². The highest BCUT2D eigenvalue weighted by atomic mass is 79.9. The van der Waals surface area contributed by atoms with Crippen LogP contribution in [0.2, 0.25) is 5.15 Å². The zero-order valence-electron chi connectivity index (χ0n) is 5.33. The number of pyridine rings is 1. The molecule has 0 N–H and O–H groups in total. The maximum atomic E-state index is 5.66. The molecule has 0 aliphatic carbocycles. The third-order valence-electron chi connectivity index (χ3n) is 1.35. The van der Waals surface area contributed by atoms with Crippen molar-refractivity contribution in [1.29, 1.82) is 0 Å². The van der Waals surface area contributed by atoms with Crippen LogP contribution < -0.4 is 0 Å². The summed E-state index contributed by atoms with van der Waals surface area (Å²) in [5.74, 6) is 0. The number of hydrogen-bond acceptors (Lipinski definition) is 2. The monoisotopic (exact) mass is 231 g/mol. The molecular formula is C6H3BrClN3. The van der Waals surface area contributed by atoms with Crippen LogP contribution in [0.15, 0.2) is 18.3 Å². The minimum Gasteiger partial charge on any atom is -0.233 e. The molecule has 0 fully saturated rings. The Morgan fingerprint density at radius 1 is 1.45 bits per heavy atom. The lowest BCUT2D eigenvalue weighted by Crippen LogP contribution is -1.80. The minimum atomic E-state index is 0.484. The average molecular weight is 232 g/mol. The van der Waals surface area contributed by atoms with Crippen LogP contribution in [0.4, 0.5) is 0 Å². The van der Waals surface area contributed by atoms with Gasteiger partial charge in [-0.25, -0.2) is 4.98 Å². The molecule has 0 atom stereocenters. The van der Waals surface area contributed by atoms with E-state index in [1.807, 2.05) is 6.07 Å². The van der Waals surface area contributed by atoms with Gasteiger partial charge in [-0.1, -0.05) is 11.6 Å². The quantitative estimate of drug-likeness (QED) is 0.652. The molecule has 0 aliphatic heterocycles. The van der Waals surface area contributed by atoms with Gasteiger partial charge >= 0.3 is 0 Å². The van der Waals surface area contributed by atoms with E-state index in [4.69, 9.17) is 11.6 Å². The highest BCUT2D eigenvalue weighted by Crippen LogP contribution is 2.15. The summed E-state index contributed by atoms with van der Waals surface area (Å²) in [7, 11) is 0. The van der Waals surface area contributed by atoms with Crippen molar-refractivity contribution in [3.05, 3.63) is 23.5 Å². The molecule has 5 heteroatoms. The highest BCUT2D eigenvalue weighted by Gasteiger charge is 2.00. The lowest BCUT2D eigenvalue weighted by atomic mass is 10.4. The van der Waals surface area contributed by atoms with Crippen LogP contribution in [0, 0.1) is 0 Å². The Morgan fingerprint density at radius 3 is 3.09 bits per heavy atom. The van der Waals surface area contributed by atoms with Crippen LogP contribution in [0.5, 0.6) is 0 Å². The van der Waals surface area contributed by atoms with Gasteiger partial charge in [-0.05, 0) is 12.1 Å². The van der Waals surface area contributed by atoms with Crippen molar-refractivity contribution < 1.29 is 0 Å². The predicted octanol–water partition coefficient (Wildman–Crippen LogP) is 2.24. The van der Waals surface area contributed by atoms with Gasteiger partial charge < -0.3 is 0 Å². The van der Waals surface area contributed by atoms with Gasteiger partial charge in [0, 0.05) is 0 Å². The van der Waals surface area contributed by atoms with Crippen LogP contribution in [0.25, 0.3) is 11.0 Å². The Kier molecular flexibility index (Phi) is 1.58. The fourth-order valence-electron chi connectivity index (χ4n) is 0.861. The topological polar surface area (TPSA) is 30.7 Å². The van der Waals surface area contributed by atoms with Crippen molar-refractivity contribution in [3.8, 4) is 0 Å². The summed E-state index contributed by atoms with van der Waals surface area (Å²) >= 11 is 8.88. The van der Waals surface area contributed by atoms with Gasteiger partial charge in [0.25, 0.3) is 0 Å². The second-order valence-corrected chi connectivity index (χ2v) is 3.10. The molecule has 0 saturated heterocycles. The predicted molar refractivity (Wildman–Crippen MR) is 46.9 cm³/mol. The molecule has 0 bridgehead atoms. The molecule has 2 heterocycles. The Bertz CT molecular complexity index is 398. The van der Waals surface area contributed by atoms with Gasteiger partial charge in [-0.2, -0.15) is 8.81 Å². The second kappa shape index (κ2) is 2.46. The van der Waals surface area contributed by atoms with Gasteiger partial charge in [-0.3, -0.25) is 0 Å². The van der Waals surface area contributed by atoms with Gasteiger partial charge in [0.1, 0.15) is 10.7 Å². The molecule has 0 amide bonds. The molecule has 0 unspecified atom stereocenters. The zero-order chi connectivity index (χ0) is 7.84. The lowest BCUT2D eigenvalue weighted by molar-refractivity contribution is 1.06. The van der Waals surface area contributed by atoms with E-state index in [0.717, 1.165) is 11.0 Å². The maximum Gasteiger partial charge on any atom is 0.129 e. The Labute approximate surface area is 76.3 Å². The van der Waals surface area contributed by atoms with E-state index in [1.165, 1.54) is 0 Å². The summed E-state index contributed by atoms with van der Waals surface area (Å²) < 4.78 is 1.58. The molecular weight excluding hydrogens is 229 g/mol. The second-order valence-electron chi connectivity index (χ2n) is 2.04. The van der Waals surface area contributed by atoms with Crippen molar-refractivity contribution in [3.63, 3.8) is 0 Å². The Balaban J connectivity index is 2.86. The van der Waals surface area contributed by atoms with E-state index < -0.39 is 0 Å². The van der Waals surface area contributed by atoms with Gasteiger partial charge in [0.15, 0.2) is 0 Å².